The minimum atomic E-state index is -0.132. The van der Waals surface area contributed by atoms with E-state index in [0.717, 1.165) is 13.0 Å². The molecule has 0 aliphatic rings. The smallest absolute Gasteiger partial charge is 0.258 e. The molecule has 0 saturated carbocycles. The first-order chi connectivity index (χ1) is 9.72. The quantitative estimate of drug-likeness (QED) is 0.778. The molecule has 20 heavy (non-hydrogen) atoms. The lowest BCUT2D eigenvalue weighted by Gasteiger charge is -2.07. The average molecular weight is 274 g/mol. The van der Waals surface area contributed by atoms with E-state index >= 15 is 0 Å². The van der Waals surface area contributed by atoms with Crippen molar-refractivity contribution in [2.75, 3.05) is 20.1 Å². The van der Waals surface area contributed by atoms with Gasteiger partial charge in [0, 0.05) is 6.54 Å². The van der Waals surface area contributed by atoms with Gasteiger partial charge in [-0.2, -0.15) is 4.98 Å². The summed E-state index contributed by atoms with van der Waals surface area (Å²) >= 11 is 0. The molecule has 2 aromatic rings. The molecule has 0 radical (unpaired) electrons. The van der Waals surface area contributed by atoms with Crippen LogP contribution in [0.3, 0.4) is 0 Å². The van der Waals surface area contributed by atoms with Gasteiger partial charge in [0.1, 0.15) is 0 Å². The molecular formula is C14H18N4O2. The van der Waals surface area contributed by atoms with E-state index in [9.17, 15) is 4.79 Å². The molecule has 0 unspecified atom stereocenters. The molecule has 2 N–H and O–H groups in total. The predicted octanol–water partition coefficient (Wildman–Crippen LogP) is 1.38. The summed E-state index contributed by atoms with van der Waals surface area (Å²) in [5.41, 5.74) is 1.19. The fraction of sp³-hybridized carbons (Fsp3) is 0.357. The van der Waals surface area contributed by atoms with E-state index in [1.54, 1.807) is 19.1 Å². The first-order valence-electron chi connectivity index (χ1n) is 6.55. The summed E-state index contributed by atoms with van der Waals surface area (Å²) in [6, 6.07) is 7.21. The van der Waals surface area contributed by atoms with Crippen LogP contribution < -0.4 is 10.6 Å². The molecule has 6 nitrogen and oxygen atoms in total. The minimum absolute atomic E-state index is 0.132. The molecule has 0 aliphatic heterocycles. The van der Waals surface area contributed by atoms with Crippen LogP contribution in [0.25, 0.3) is 11.5 Å². The molecule has 0 bridgehead atoms. The average Bonchev–Trinajstić information content (AvgIpc) is 2.90. The number of nitrogens with one attached hydrogen (secondary N) is 2. The van der Waals surface area contributed by atoms with Crippen LogP contribution in [0, 0.1) is 6.92 Å². The third-order valence-electron chi connectivity index (χ3n) is 2.82. The number of hydrogen-bond acceptors (Lipinski definition) is 5. The van der Waals surface area contributed by atoms with Gasteiger partial charge < -0.3 is 15.2 Å². The van der Waals surface area contributed by atoms with Gasteiger partial charge >= 0.3 is 0 Å². The van der Waals surface area contributed by atoms with E-state index in [0.29, 0.717) is 29.4 Å². The highest BCUT2D eigenvalue weighted by Crippen LogP contribution is 2.21. The first-order valence-corrected chi connectivity index (χ1v) is 6.55. The van der Waals surface area contributed by atoms with Gasteiger partial charge in [-0.3, -0.25) is 4.79 Å². The van der Waals surface area contributed by atoms with Crippen molar-refractivity contribution in [2.24, 2.45) is 0 Å². The van der Waals surface area contributed by atoms with Crippen molar-refractivity contribution in [1.29, 1.82) is 0 Å². The molecule has 0 aliphatic carbocycles. The Bertz CT molecular complexity index is 580. The zero-order valence-electron chi connectivity index (χ0n) is 11.6. The summed E-state index contributed by atoms with van der Waals surface area (Å²) in [6.07, 6.45) is 0.879. The lowest BCUT2D eigenvalue weighted by Crippen LogP contribution is -2.27. The summed E-state index contributed by atoms with van der Waals surface area (Å²) in [6.45, 7) is 3.23. The molecule has 1 aromatic carbocycles. The van der Waals surface area contributed by atoms with Crippen LogP contribution in [0.5, 0.6) is 0 Å². The van der Waals surface area contributed by atoms with Crippen molar-refractivity contribution < 1.29 is 9.32 Å². The van der Waals surface area contributed by atoms with Gasteiger partial charge in [0.05, 0.1) is 11.1 Å². The van der Waals surface area contributed by atoms with Gasteiger partial charge in [-0.1, -0.05) is 17.3 Å². The molecule has 106 valence electrons. The van der Waals surface area contributed by atoms with Crippen LogP contribution in [0.1, 0.15) is 22.6 Å². The number of rotatable bonds is 6. The Morgan fingerprint density at radius 3 is 2.80 bits per heavy atom. The highest BCUT2D eigenvalue weighted by molar-refractivity contribution is 5.99. The standard InChI is InChI=1S/C14H18N4O2/c1-10-17-14(20-18-10)12-7-4-3-6-11(12)13(19)16-9-5-8-15-2/h3-4,6-7,15H,5,8-9H2,1-2H3,(H,16,19). The van der Waals surface area contributed by atoms with Gasteiger partial charge in [0.2, 0.25) is 0 Å². The molecule has 0 spiro atoms. The molecule has 0 saturated heterocycles. The highest BCUT2D eigenvalue weighted by Gasteiger charge is 2.16. The van der Waals surface area contributed by atoms with Gasteiger partial charge in [-0.25, -0.2) is 0 Å². The van der Waals surface area contributed by atoms with Crippen molar-refractivity contribution in [3.05, 3.63) is 35.7 Å². The van der Waals surface area contributed by atoms with Gasteiger partial charge in [0.25, 0.3) is 11.8 Å². The molecule has 6 heteroatoms. The van der Waals surface area contributed by atoms with Crippen molar-refractivity contribution in [3.63, 3.8) is 0 Å². The molecule has 0 fully saturated rings. The number of aryl methyl sites for hydroxylation is 1. The van der Waals surface area contributed by atoms with Crippen molar-refractivity contribution >= 4 is 5.91 Å². The number of hydrogen-bond donors (Lipinski definition) is 2. The topological polar surface area (TPSA) is 80.0 Å². The van der Waals surface area contributed by atoms with Crippen LogP contribution in [-0.2, 0) is 0 Å². The van der Waals surface area contributed by atoms with Crippen molar-refractivity contribution in [2.45, 2.75) is 13.3 Å². The summed E-state index contributed by atoms with van der Waals surface area (Å²) in [7, 11) is 1.88. The van der Waals surface area contributed by atoms with Gasteiger partial charge in [-0.05, 0) is 39.1 Å². The minimum Gasteiger partial charge on any atom is -0.352 e. The summed E-state index contributed by atoms with van der Waals surface area (Å²) in [5.74, 6) is 0.778. The maximum atomic E-state index is 12.2. The van der Waals surface area contributed by atoms with E-state index in [-0.39, 0.29) is 5.91 Å². The number of aromatic nitrogens is 2. The molecule has 1 amide bonds. The Morgan fingerprint density at radius 1 is 1.30 bits per heavy atom. The SMILES string of the molecule is CNCCCNC(=O)c1ccccc1-c1nc(C)no1. The lowest BCUT2D eigenvalue weighted by atomic mass is 10.1. The van der Waals surface area contributed by atoms with E-state index in [4.69, 9.17) is 4.52 Å². The molecule has 0 atom stereocenters. The third kappa shape index (κ3) is 3.42. The fourth-order valence-corrected chi connectivity index (χ4v) is 1.84. The fourth-order valence-electron chi connectivity index (χ4n) is 1.84. The predicted molar refractivity (Wildman–Crippen MR) is 75.3 cm³/mol. The Morgan fingerprint density at radius 2 is 2.10 bits per heavy atom. The van der Waals surface area contributed by atoms with Crippen LogP contribution in [0.4, 0.5) is 0 Å². The van der Waals surface area contributed by atoms with E-state index in [2.05, 4.69) is 20.8 Å². The highest BCUT2D eigenvalue weighted by atomic mass is 16.5. The molecule has 2 rings (SSSR count). The largest absolute Gasteiger partial charge is 0.352 e. The van der Waals surface area contributed by atoms with Crippen LogP contribution >= 0.6 is 0 Å². The maximum absolute atomic E-state index is 12.2. The number of carbonyl (C=O) groups excluding carboxylic acids is 1. The normalized spacial score (nSPS) is 10.5. The Hall–Kier alpha value is -2.21. The Balaban J connectivity index is 2.13. The van der Waals surface area contributed by atoms with Crippen molar-refractivity contribution in [3.8, 4) is 11.5 Å². The van der Waals surface area contributed by atoms with Crippen molar-refractivity contribution in [1.82, 2.24) is 20.8 Å². The van der Waals surface area contributed by atoms with Gasteiger partial charge in [-0.15, -0.1) is 0 Å². The second kappa shape index (κ2) is 6.81. The second-order valence-corrected chi connectivity index (χ2v) is 4.41. The maximum Gasteiger partial charge on any atom is 0.258 e. The molecular weight excluding hydrogens is 256 g/mol. The number of benzene rings is 1. The van der Waals surface area contributed by atoms with Crippen LogP contribution in [-0.4, -0.2) is 36.2 Å². The monoisotopic (exact) mass is 274 g/mol. The molecule has 1 aromatic heterocycles. The van der Waals surface area contributed by atoms with E-state index in [1.807, 2.05) is 19.2 Å². The summed E-state index contributed by atoms with van der Waals surface area (Å²) in [4.78, 5) is 16.4. The van der Waals surface area contributed by atoms with Gasteiger partial charge in [0.15, 0.2) is 5.82 Å². The zero-order valence-corrected chi connectivity index (χ0v) is 11.6. The second-order valence-electron chi connectivity index (χ2n) is 4.41. The molecule has 1 heterocycles. The summed E-state index contributed by atoms with van der Waals surface area (Å²) in [5, 5.41) is 9.67. The van der Waals surface area contributed by atoms with E-state index < -0.39 is 0 Å². The zero-order chi connectivity index (χ0) is 14.4. The number of nitrogens with zero attached hydrogens (tertiary/aromatic N) is 2. The first kappa shape index (κ1) is 14.2. The third-order valence-corrected chi connectivity index (χ3v) is 2.82. The number of amides is 1. The summed E-state index contributed by atoms with van der Waals surface area (Å²) < 4.78 is 5.13. The number of carbonyl (C=O) groups is 1. The lowest BCUT2D eigenvalue weighted by molar-refractivity contribution is 0.0953. The Kier molecular flexibility index (Phi) is 4.84. The Labute approximate surface area is 117 Å². The van der Waals surface area contributed by atoms with Crippen LogP contribution in [0.2, 0.25) is 0 Å². The van der Waals surface area contributed by atoms with E-state index in [1.165, 1.54) is 0 Å². The van der Waals surface area contributed by atoms with Crippen LogP contribution in [0.15, 0.2) is 28.8 Å².